The highest BCUT2D eigenvalue weighted by molar-refractivity contribution is 5.76. The summed E-state index contributed by atoms with van der Waals surface area (Å²) in [5.41, 5.74) is 2.33. The van der Waals surface area contributed by atoms with Gasteiger partial charge >= 0.3 is 5.97 Å². The van der Waals surface area contributed by atoms with Gasteiger partial charge in [-0.1, -0.05) is 55.0 Å². The first-order valence-electron chi connectivity index (χ1n) is 14.8. The Labute approximate surface area is 240 Å². The van der Waals surface area contributed by atoms with E-state index in [0.717, 1.165) is 63.9 Å². The zero-order valence-corrected chi connectivity index (χ0v) is 24.5. The van der Waals surface area contributed by atoms with Crippen LogP contribution in [0.2, 0.25) is 0 Å². The van der Waals surface area contributed by atoms with Gasteiger partial charge in [-0.25, -0.2) is 0 Å². The van der Waals surface area contributed by atoms with Gasteiger partial charge in [0.05, 0.1) is 7.11 Å². The molecule has 6 nitrogen and oxygen atoms in total. The largest absolute Gasteiger partial charge is 0.497 e. The second-order valence-corrected chi connectivity index (χ2v) is 11.6. The highest BCUT2D eigenvalue weighted by Gasteiger charge is 2.54. The first-order chi connectivity index (χ1) is 19.4. The quantitative estimate of drug-likeness (QED) is 0.191. The fraction of sp³-hybridized carbons (Fsp3) is 0.529. The summed E-state index contributed by atoms with van der Waals surface area (Å²) in [6.45, 7) is 8.00. The van der Waals surface area contributed by atoms with Crippen molar-refractivity contribution in [3.63, 3.8) is 0 Å². The molecular weight excluding hydrogens is 500 g/mol. The molecule has 0 aromatic heterocycles. The first-order valence-corrected chi connectivity index (χ1v) is 14.8. The van der Waals surface area contributed by atoms with Gasteiger partial charge in [0.25, 0.3) is 0 Å². The smallest absolute Gasteiger partial charge is 0.302 e. The molecule has 0 bridgehead atoms. The number of hydrogen-bond acceptors (Lipinski definition) is 5. The number of piperidine rings is 1. The van der Waals surface area contributed by atoms with Crippen molar-refractivity contribution in [2.75, 3.05) is 33.8 Å². The van der Waals surface area contributed by atoms with Gasteiger partial charge < -0.3 is 14.4 Å². The van der Waals surface area contributed by atoms with Crippen molar-refractivity contribution in [2.24, 2.45) is 5.92 Å². The maximum absolute atomic E-state index is 13.4. The van der Waals surface area contributed by atoms with E-state index in [0.29, 0.717) is 12.8 Å². The molecule has 40 heavy (non-hydrogen) atoms. The van der Waals surface area contributed by atoms with Crippen LogP contribution in [0, 0.1) is 5.92 Å². The Morgan fingerprint density at radius 2 is 1.93 bits per heavy atom. The number of benzene rings is 2. The number of unbranched alkanes of at least 4 members (excludes halogenated alkanes) is 2. The lowest BCUT2D eigenvalue weighted by atomic mass is 9.56. The monoisotopic (exact) mass is 546 g/mol. The van der Waals surface area contributed by atoms with Crippen molar-refractivity contribution >= 4 is 11.9 Å². The van der Waals surface area contributed by atoms with Gasteiger partial charge in [-0.2, -0.15) is 0 Å². The number of carbonyl (C=O) groups excluding carboxylic acids is 2. The van der Waals surface area contributed by atoms with Crippen LogP contribution in [0.1, 0.15) is 63.0 Å². The molecule has 1 heterocycles. The third kappa shape index (κ3) is 7.14. The predicted octanol–water partition coefficient (Wildman–Crippen LogP) is 5.80. The zero-order valence-electron chi connectivity index (χ0n) is 24.5. The summed E-state index contributed by atoms with van der Waals surface area (Å²) in [6, 6.07) is 18.8. The zero-order chi connectivity index (χ0) is 28.5. The first kappa shape index (κ1) is 29.9. The molecule has 4 rings (SSSR count). The number of rotatable bonds is 12. The SMILES string of the molecule is C=CCN1CC[C@@]2(c3cccc(OC)c3)C[C@H](N(C)C(=O)CCCCCc3ccccc3)CC(OC(C)=O)[C@@H]2C1. The molecule has 1 saturated carbocycles. The van der Waals surface area contributed by atoms with E-state index < -0.39 is 0 Å². The van der Waals surface area contributed by atoms with Crippen LogP contribution in [0.3, 0.4) is 0 Å². The van der Waals surface area contributed by atoms with Gasteiger partial charge in [0, 0.05) is 57.3 Å². The third-order valence-corrected chi connectivity index (χ3v) is 9.08. The minimum absolute atomic E-state index is 0.00502. The Bertz CT molecular complexity index is 1140. The number of likely N-dealkylation sites (tertiary alicyclic amines) is 1. The van der Waals surface area contributed by atoms with Crippen LogP contribution in [-0.2, 0) is 26.2 Å². The molecule has 1 aliphatic heterocycles. The van der Waals surface area contributed by atoms with E-state index in [4.69, 9.17) is 9.47 Å². The van der Waals surface area contributed by atoms with Crippen molar-refractivity contribution in [3.05, 3.63) is 78.4 Å². The number of aryl methyl sites for hydroxylation is 1. The Balaban J connectivity index is 1.50. The van der Waals surface area contributed by atoms with E-state index >= 15 is 0 Å². The number of hydrogen-bond donors (Lipinski definition) is 0. The lowest BCUT2D eigenvalue weighted by Gasteiger charge is -2.56. The molecule has 1 unspecified atom stereocenters. The fourth-order valence-electron chi connectivity index (χ4n) is 6.95. The summed E-state index contributed by atoms with van der Waals surface area (Å²) in [5, 5.41) is 0. The van der Waals surface area contributed by atoms with Crippen molar-refractivity contribution in [1.29, 1.82) is 0 Å². The maximum atomic E-state index is 13.4. The Hall–Kier alpha value is -3.12. The second-order valence-electron chi connectivity index (χ2n) is 11.6. The molecule has 2 aromatic carbocycles. The van der Waals surface area contributed by atoms with Crippen molar-refractivity contribution in [1.82, 2.24) is 9.80 Å². The van der Waals surface area contributed by atoms with Crippen LogP contribution in [-0.4, -0.2) is 67.6 Å². The fourth-order valence-corrected chi connectivity index (χ4v) is 6.95. The average Bonchev–Trinajstić information content (AvgIpc) is 2.97. The van der Waals surface area contributed by atoms with E-state index in [9.17, 15) is 9.59 Å². The molecule has 2 aromatic rings. The lowest BCUT2D eigenvalue weighted by Crippen LogP contribution is -2.61. The van der Waals surface area contributed by atoms with E-state index in [1.54, 1.807) is 7.11 Å². The highest BCUT2D eigenvalue weighted by Crippen LogP contribution is 2.51. The number of carbonyl (C=O) groups is 2. The van der Waals surface area contributed by atoms with E-state index in [1.165, 1.54) is 18.1 Å². The van der Waals surface area contributed by atoms with Gasteiger partial charge in [0.15, 0.2) is 0 Å². The molecule has 2 aliphatic rings. The van der Waals surface area contributed by atoms with E-state index in [2.05, 4.69) is 47.9 Å². The van der Waals surface area contributed by atoms with Gasteiger partial charge in [0.1, 0.15) is 11.9 Å². The summed E-state index contributed by atoms with van der Waals surface area (Å²) in [7, 11) is 3.63. The average molecular weight is 547 g/mol. The van der Waals surface area contributed by atoms with Crippen LogP contribution in [0.25, 0.3) is 0 Å². The molecule has 4 atom stereocenters. The van der Waals surface area contributed by atoms with Crippen LogP contribution in [0.15, 0.2) is 67.3 Å². The number of esters is 1. The molecule has 0 spiro atoms. The Morgan fingerprint density at radius 1 is 1.12 bits per heavy atom. The number of methoxy groups -OCH3 is 1. The highest BCUT2D eigenvalue weighted by atomic mass is 16.5. The van der Waals surface area contributed by atoms with Crippen molar-refractivity contribution in [3.8, 4) is 5.75 Å². The van der Waals surface area contributed by atoms with Crippen LogP contribution in [0.5, 0.6) is 5.75 Å². The van der Waals surface area contributed by atoms with Crippen LogP contribution in [0.4, 0.5) is 0 Å². The minimum Gasteiger partial charge on any atom is -0.497 e. The molecule has 0 radical (unpaired) electrons. The Morgan fingerprint density at radius 3 is 2.65 bits per heavy atom. The summed E-state index contributed by atoms with van der Waals surface area (Å²) >= 11 is 0. The number of nitrogens with zero attached hydrogens (tertiary/aromatic N) is 2. The van der Waals surface area contributed by atoms with Gasteiger partial charge in [-0.15, -0.1) is 6.58 Å². The van der Waals surface area contributed by atoms with Crippen LogP contribution < -0.4 is 4.74 Å². The van der Waals surface area contributed by atoms with Crippen LogP contribution >= 0.6 is 0 Å². The van der Waals surface area contributed by atoms with E-state index in [1.807, 2.05) is 36.2 Å². The topological polar surface area (TPSA) is 59.1 Å². The molecule has 1 amide bonds. The molecule has 1 aliphatic carbocycles. The van der Waals surface area contributed by atoms with Gasteiger partial charge in [-0.3, -0.25) is 14.5 Å². The normalized spacial score (nSPS) is 24.5. The van der Waals surface area contributed by atoms with E-state index in [-0.39, 0.29) is 35.4 Å². The Kier molecular flexibility index (Phi) is 10.4. The number of ether oxygens (including phenoxy) is 2. The van der Waals surface area contributed by atoms with Gasteiger partial charge in [0.2, 0.25) is 5.91 Å². The summed E-state index contributed by atoms with van der Waals surface area (Å²) in [5.74, 6) is 0.855. The second kappa shape index (κ2) is 14.0. The molecule has 1 saturated heterocycles. The predicted molar refractivity (Wildman–Crippen MR) is 159 cm³/mol. The molecule has 216 valence electrons. The third-order valence-electron chi connectivity index (χ3n) is 9.08. The van der Waals surface area contributed by atoms with Crippen molar-refractivity contribution < 1.29 is 19.1 Å². The standard InChI is InChI=1S/C34H46N2O4/c1-5-20-36-21-19-34(28-16-12-17-30(22-28)39-4)24-29(23-32(31(34)25-36)40-26(2)37)35(3)33(38)18-11-7-10-15-27-13-8-6-9-14-27/h5-6,8-9,12-14,16-17,22,29,31-32H,1,7,10-11,15,18-21,23-25H2,2-4H3/t29-,31+,32?,34+/m1/s1. The summed E-state index contributed by atoms with van der Waals surface area (Å²) < 4.78 is 11.6. The molecule has 6 heteroatoms. The van der Waals surface area contributed by atoms with Crippen molar-refractivity contribution in [2.45, 2.75) is 75.9 Å². The molecular formula is C34H46N2O4. The summed E-state index contributed by atoms with van der Waals surface area (Å²) in [4.78, 5) is 30.1. The van der Waals surface area contributed by atoms with Gasteiger partial charge in [-0.05, 0) is 61.9 Å². The minimum atomic E-state index is -0.267. The maximum Gasteiger partial charge on any atom is 0.302 e. The molecule has 0 N–H and O–H groups in total. The number of amides is 1. The lowest BCUT2D eigenvalue weighted by molar-refractivity contribution is -0.160. The summed E-state index contributed by atoms with van der Waals surface area (Å²) in [6.07, 6.45) is 8.70. The number of fused-ring (bicyclic) bond motifs is 1. The molecule has 2 fully saturated rings.